The Balaban J connectivity index is 1.63. The third-order valence-electron chi connectivity index (χ3n) is 3.54. The van der Waals surface area contributed by atoms with Gasteiger partial charge in [-0.05, 0) is 19.1 Å². The molecule has 9 heteroatoms. The highest BCUT2D eigenvalue weighted by Crippen LogP contribution is 2.25. The Kier molecular flexibility index (Phi) is 4.67. The van der Waals surface area contributed by atoms with Gasteiger partial charge < -0.3 is 15.4 Å². The number of ether oxygens (including phenoxy) is 1. The van der Waals surface area contributed by atoms with Gasteiger partial charge in [0, 0.05) is 24.0 Å². The van der Waals surface area contributed by atoms with Gasteiger partial charge in [-0.15, -0.1) is 11.3 Å². The Morgan fingerprint density at radius 1 is 1.45 bits per heavy atom. The number of aliphatic imine (C=N–C) groups is 1. The van der Waals surface area contributed by atoms with Crippen LogP contribution in [0.5, 0.6) is 0 Å². The zero-order valence-electron chi connectivity index (χ0n) is 12.4. The van der Waals surface area contributed by atoms with E-state index in [2.05, 4.69) is 22.5 Å². The van der Waals surface area contributed by atoms with E-state index in [1.165, 1.54) is 15.6 Å². The van der Waals surface area contributed by atoms with Gasteiger partial charge in [0.05, 0.1) is 26.3 Å². The second kappa shape index (κ2) is 6.53. The molecule has 3 rings (SSSR count). The Morgan fingerprint density at radius 2 is 2.23 bits per heavy atom. The van der Waals surface area contributed by atoms with Crippen molar-refractivity contribution in [3.8, 4) is 0 Å². The molecule has 1 atom stereocenters. The topological polar surface area (TPSA) is 83.0 Å². The van der Waals surface area contributed by atoms with E-state index >= 15 is 0 Å². The quantitative estimate of drug-likeness (QED) is 0.816. The van der Waals surface area contributed by atoms with E-state index in [1.807, 2.05) is 6.07 Å². The third-order valence-corrected chi connectivity index (χ3v) is 6.99. The Labute approximate surface area is 134 Å². The van der Waals surface area contributed by atoms with Crippen LogP contribution in [0.2, 0.25) is 0 Å². The van der Waals surface area contributed by atoms with Crippen LogP contribution < -0.4 is 10.6 Å². The van der Waals surface area contributed by atoms with Crippen LogP contribution in [-0.4, -0.2) is 57.6 Å². The SMILES string of the molecule is CC1CN=C(NCc2ccc(S(=O)(=O)N3CCOCC3)s2)N1. The summed E-state index contributed by atoms with van der Waals surface area (Å²) in [5, 5.41) is 6.41. The summed E-state index contributed by atoms with van der Waals surface area (Å²) in [5.74, 6) is 0.776. The summed E-state index contributed by atoms with van der Waals surface area (Å²) in [6.07, 6.45) is 0. The summed E-state index contributed by atoms with van der Waals surface area (Å²) in [6.45, 7) is 5.17. The minimum absolute atomic E-state index is 0.350. The highest BCUT2D eigenvalue weighted by molar-refractivity contribution is 7.91. The van der Waals surface area contributed by atoms with E-state index in [9.17, 15) is 8.42 Å². The maximum atomic E-state index is 12.5. The van der Waals surface area contributed by atoms with Gasteiger partial charge in [-0.1, -0.05) is 0 Å². The zero-order valence-corrected chi connectivity index (χ0v) is 14.0. The van der Waals surface area contributed by atoms with E-state index in [-0.39, 0.29) is 0 Å². The van der Waals surface area contributed by atoms with Crippen molar-refractivity contribution in [1.29, 1.82) is 0 Å². The van der Waals surface area contributed by atoms with Crippen molar-refractivity contribution in [2.24, 2.45) is 4.99 Å². The molecule has 1 fully saturated rings. The van der Waals surface area contributed by atoms with E-state index in [1.54, 1.807) is 6.07 Å². The Hall–Kier alpha value is -1.16. The predicted octanol–water partition coefficient (Wildman–Crippen LogP) is 0.206. The van der Waals surface area contributed by atoms with Crippen LogP contribution in [0.1, 0.15) is 11.8 Å². The molecule has 3 heterocycles. The highest BCUT2D eigenvalue weighted by atomic mass is 32.2. The average Bonchev–Trinajstić information content (AvgIpc) is 3.15. The standard InChI is InChI=1S/C13H20N4O3S2/c1-10-8-14-13(16-10)15-9-11-2-3-12(21-11)22(18,19)17-4-6-20-7-5-17/h2-3,10H,4-9H2,1H3,(H2,14,15,16). The fraction of sp³-hybridized carbons (Fsp3) is 0.615. The smallest absolute Gasteiger partial charge is 0.252 e. The molecular weight excluding hydrogens is 324 g/mol. The number of rotatable bonds is 4. The molecule has 0 saturated carbocycles. The van der Waals surface area contributed by atoms with E-state index in [0.717, 1.165) is 17.4 Å². The Bertz CT molecular complexity index is 650. The highest BCUT2D eigenvalue weighted by Gasteiger charge is 2.27. The number of morpholine rings is 1. The van der Waals surface area contributed by atoms with E-state index < -0.39 is 10.0 Å². The van der Waals surface area contributed by atoms with Crippen molar-refractivity contribution in [3.05, 3.63) is 17.0 Å². The first-order chi connectivity index (χ1) is 10.6. The largest absolute Gasteiger partial charge is 0.379 e. The Morgan fingerprint density at radius 3 is 2.91 bits per heavy atom. The minimum Gasteiger partial charge on any atom is -0.379 e. The fourth-order valence-corrected chi connectivity index (χ4v) is 5.19. The number of nitrogens with one attached hydrogen (secondary N) is 2. The van der Waals surface area contributed by atoms with Crippen LogP contribution in [0.15, 0.2) is 21.3 Å². The summed E-state index contributed by atoms with van der Waals surface area (Å²) in [7, 11) is -3.39. The van der Waals surface area contributed by atoms with Crippen molar-refractivity contribution < 1.29 is 13.2 Å². The number of thiophene rings is 1. The molecule has 2 aliphatic rings. The molecule has 0 bridgehead atoms. The van der Waals surface area contributed by atoms with Gasteiger partial charge in [0.25, 0.3) is 10.0 Å². The molecule has 2 aliphatic heterocycles. The second-order valence-electron chi connectivity index (χ2n) is 5.33. The van der Waals surface area contributed by atoms with Crippen molar-refractivity contribution in [3.63, 3.8) is 0 Å². The number of guanidine groups is 1. The normalized spacial score (nSPS) is 23.1. The second-order valence-corrected chi connectivity index (χ2v) is 8.66. The van der Waals surface area contributed by atoms with Gasteiger partial charge in [0.15, 0.2) is 5.96 Å². The number of hydrogen-bond donors (Lipinski definition) is 2. The number of hydrogen-bond acceptors (Lipinski definition) is 7. The van der Waals surface area contributed by atoms with Crippen molar-refractivity contribution >= 4 is 27.3 Å². The van der Waals surface area contributed by atoms with Crippen LogP contribution in [0.4, 0.5) is 0 Å². The molecular formula is C13H20N4O3S2. The first kappa shape index (κ1) is 15.7. The van der Waals surface area contributed by atoms with Crippen LogP contribution in [-0.2, 0) is 21.3 Å². The van der Waals surface area contributed by atoms with Gasteiger partial charge in [0.1, 0.15) is 4.21 Å². The lowest BCUT2D eigenvalue weighted by Gasteiger charge is -2.25. The van der Waals surface area contributed by atoms with E-state index in [4.69, 9.17) is 4.74 Å². The van der Waals surface area contributed by atoms with Crippen molar-refractivity contribution in [2.75, 3.05) is 32.8 Å². The molecule has 0 spiro atoms. The maximum absolute atomic E-state index is 12.5. The van der Waals surface area contributed by atoms with Gasteiger partial charge >= 0.3 is 0 Å². The van der Waals surface area contributed by atoms with Gasteiger partial charge in [0.2, 0.25) is 0 Å². The molecule has 0 aliphatic carbocycles. The molecule has 7 nitrogen and oxygen atoms in total. The van der Waals surface area contributed by atoms with E-state index in [0.29, 0.717) is 43.1 Å². The predicted molar refractivity (Wildman–Crippen MR) is 85.6 cm³/mol. The van der Waals surface area contributed by atoms with Crippen LogP contribution in [0.25, 0.3) is 0 Å². The molecule has 1 aromatic heterocycles. The lowest BCUT2D eigenvalue weighted by molar-refractivity contribution is 0.0731. The minimum atomic E-state index is -3.39. The molecule has 0 amide bonds. The van der Waals surface area contributed by atoms with Crippen molar-refractivity contribution in [1.82, 2.24) is 14.9 Å². The third kappa shape index (κ3) is 3.43. The summed E-state index contributed by atoms with van der Waals surface area (Å²) in [4.78, 5) is 5.29. The summed E-state index contributed by atoms with van der Waals surface area (Å²) < 4.78 is 32.1. The number of sulfonamides is 1. The van der Waals surface area contributed by atoms with Gasteiger partial charge in [-0.25, -0.2) is 8.42 Å². The van der Waals surface area contributed by atoms with Crippen molar-refractivity contribution in [2.45, 2.75) is 23.7 Å². The molecule has 0 radical (unpaired) electrons. The molecule has 22 heavy (non-hydrogen) atoms. The van der Waals surface area contributed by atoms with Crippen LogP contribution >= 0.6 is 11.3 Å². The lowest BCUT2D eigenvalue weighted by Crippen LogP contribution is -2.40. The molecule has 1 aromatic rings. The average molecular weight is 344 g/mol. The van der Waals surface area contributed by atoms with Gasteiger partial charge in [-0.2, -0.15) is 4.31 Å². The molecule has 1 saturated heterocycles. The monoisotopic (exact) mass is 344 g/mol. The molecule has 2 N–H and O–H groups in total. The maximum Gasteiger partial charge on any atom is 0.252 e. The molecule has 122 valence electrons. The van der Waals surface area contributed by atoms with Crippen LogP contribution in [0, 0.1) is 0 Å². The van der Waals surface area contributed by atoms with Gasteiger partial charge in [-0.3, -0.25) is 4.99 Å². The fourth-order valence-electron chi connectivity index (χ4n) is 2.34. The van der Waals surface area contributed by atoms with Crippen LogP contribution in [0.3, 0.4) is 0 Å². The zero-order chi connectivity index (χ0) is 15.6. The summed E-state index contributed by atoms with van der Waals surface area (Å²) in [6, 6.07) is 3.88. The summed E-state index contributed by atoms with van der Waals surface area (Å²) >= 11 is 1.30. The number of nitrogens with zero attached hydrogens (tertiary/aromatic N) is 2. The lowest BCUT2D eigenvalue weighted by atomic mass is 10.4. The molecule has 1 unspecified atom stereocenters. The first-order valence-electron chi connectivity index (χ1n) is 7.27. The summed E-state index contributed by atoms with van der Waals surface area (Å²) in [5.41, 5.74) is 0. The first-order valence-corrected chi connectivity index (χ1v) is 9.53. The molecule has 0 aromatic carbocycles.